The largest absolute Gasteiger partial charge is 0.496 e. The monoisotopic (exact) mass is 413 g/mol. The van der Waals surface area contributed by atoms with Crippen molar-refractivity contribution in [3.05, 3.63) is 54.0 Å². The van der Waals surface area contributed by atoms with Gasteiger partial charge in [0.25, 0.3) is 0 Å². The van der Waals surface area contributed by atoms with Crippen LogP contribution in [0.3, 0.4) is 0 Å². The smallest absolute Gasteiger partial charge is 0.222 e. The predicted octanol–water partition coefficient (Wildman–Crippen LogP) is 5.19. The number of hydrogen-bond acceptors (Lipinski definition) is 4. The Kier molecular flexibility index (Phi) is 7.59. The Hall–Kier alpha value is -2.27. The topological polar surface area (TPSA) is 51.9 Å². The maximum Gasteiger partial charge on any atom is 0.222 e. The van der Waals surface area contributed by atoms with Gasteiger partial charge in [-0.05, 0) is 43.4 Å². The lowest BCUT2D eigenvalue weighted by Crippen LogP contribution is -2.44. The number of para-hydroxylation sites is 1. The molecule has 30 heavy (non-hydrogen) atoms. The Labute approximate surface area is 180 Å². The first-order chi connectivity index (χ1) is 14.5. The molecule has 2 aromatic rings. The van der Waals surface area contributed by atoms with Crippen molar-refractivity contribution in [3.8, 4) is 5.75 Å². The molecule has 1 aromatic heterocycles. The van der Waals surface area contributed by atoms with E-state index in [2.05, 4.69) is 26.0 Å². The summed E-state index contributed by atoms with van der Waals surface area (Å²) in [6, 6.07) is 12.1. The first-order valence-electron chi connectivity index (χ1n) is 11.0. The average molecular weight is 414 g/mol. The summed E-state index contributed by atoms with van der Waals surface area (Å²) in [7, 11) is 1.73. The molecular weight excluding hydrogens is 378 g/mol. The number of hydrogen-bond donors (Lipinski definition) is 0. The van der Waals surface area contributed by atoms with E-state index in [1.807, 2.05) is 36.1 Å². The van der Waals surface area contributed by atoms with Gasteiger partial charge in [0.1, 0.15) is 11.5 Å². The van der Waals surface area contributed by atoms with E-state index in [9.17, 15) is 4.79 Å². The summed E-state index contributed by atoms with van der Waals surface area (Å²) in [6.07, 6.45) is 5.06. The fourth-order valence-electron chi connectivity index (χ4n) is 4.52. The van der Waals surface area contributed by atoms with E-state index in [1.54, 1.807) is 13.4 Å². The van der Waals surface area contributed by atoms with E-state index in [0.717, 1.165) is 37.4 Å². The van der Waals surface area contributed by atoms with Crippen molar-refractivity contribution in [2.24, 2.45) is 5.92 Å². The van der Waals surface area contributed by atoms with E-state index in [1.165, 1.54) is 5.56 Å². The summed E-state index contributed by atoms with van der Waals surface area (Å²) < 4.78 is 17.4. The summed E-state index contributed by atoms with van der Waals surface area (Å²) in [4.78, 5) is 14.6. The Morgan fingerprint density at radius 3 is 2.73 bits per heavy atom. The van der Waals surface area contributed by atoms with Crippen LogP contribution in [0.15, 0.2) is 47.1 Å². The van der Waals surface area contributed by atoms with E-state index in [0.29, 0.717) is 25.4 Å². The van der Waals surface area contributed by atoms with Gasteiger partial charge in [0.05, 0.1) is 26.0 Å². The van der Waals surface area contributed by atoms with Crippen LogP contribution in [0.25, 0.3) is 0 Å². The van der Waals surface area contributed by atoms with Gasteiger partial charge in [-0.2, -0.15) is 0 Å². The second kappa shape index (κ2) is 10.2. The highest BCUT2D eigenvalue weighted by atomic mass is 16.5. The summed E-state index contributed by atoms with van der Waals surface area (Å²) >= 11 is 0. The molecule has 2 heterocycles. The quantitative estimate of drug-likeness (QED) is 0.568. The molecule has 1 saturated heterocycles. The predicted molar refractivity (Wildman–Crippen MR) is 118 cm³/mol. The highest BCUT2D eigenvalue weighted by Gasteiger charge is 2.41. The van der Waals surface area contributed by atoms with Crippen LogP contribution < -0.4 is 4.74 Å². The molecule has 164 valence electrons. The number of methoxy groups -OCH3 is 1. The number of carbonyl (C=O) groups excluding carboxylic acids is 1. The fourth-order valence-corrected chi connectivity index (χ4v) is 4.52. The van der Waals surface area contributed by atoms with Crippen molar-refractivity contribution in [1.29, 1.82) is 0 Å². The molecule has 0 aliphatic carbocycles. The van der Waals surface area contributed by atoms with Crippen LogP contribution >= 0.6 is 0 Å². The summed E-state index contributed by atoms with van der Waals surface area (Å²) in [5.74, 6) is 2.32. The minimum Gasteiger partial charge on any atom is -0.496 e. The number of rotatable bonds is 9. The van der Waals surface area contributed by atoms with Gasteiger partial charge < -0.3 is 18.8 Å². The molecule has 5 heteroatoms. The van der Waals surface area contributed by atoms with Crippen LogP contribution in [0.5, 0.6) is 5.75 Å². The van der Waals surface area contributed by atoms with Crippen LogP contribution in [0, 0.1) is 5.92 Å². The van der Waals surface area contributed by atoms with E-state index in [-0.39, 0.29) is 17.4 Å². The molecule has 0 radical (unpaired) electrons. The Balaban J connectivity index is 1.89. The summed E-state index contributed by atoms with van der Waals surface area (Å²) in [5.41, 5.74) is 1.14. The molecule has 1 aliphatic heterocycles. The lowest BCUT2D eigenvalue weighted by Gasteiger charge is -2.44. The van der Waals surface area contributed by atoms with Gasteiger partial charge >= 0.3 is 0 Å². The number of ether oxygens (including phenoxy) is 2. The molecule has 1 aromatic carbocycles. The molecule has 0 N–H and O–H groups in total. The standard InChI is InChI=1S/C25H35NO4/c1-5-24(27)26(18-20-9-8-15-29-20)14-12-25(13-16-30-23(17-25)19(2)3)21-10-6-7-11-22(21)28-4/h6-11,15,19,23H,5,12-14,16-18H2,1-4H3/t23-,25-/m1/s1. The number of nitrogens with zero attached hydrogens (tertiary/aromatic N) is 1. The lowest BCUT2D eigenvalue weighted by molar-refractivity contribution is -0.132. The average Bonchev–Trinajstić information content (AvgIpc) is 3.29. The van der Waals surface area contributed by atoms with E-state index >= 15 is 0 Å². The minimum absolute atomic E-state index is 0.0881. The Bertz CT molecular complexity index is 801. The molecule has 0 saturated carbocycles. The van der Waals surface area contributed by atoms with Crippen LogP contribution in [0.4, 0.5) is 0 Å². The molecule has 1 fully saturated rings. The lowest BCUT2D eigenvalue weighted by atomic mass is 9.68. The second-order valence-electron chi connectivity index (χ2n) is 8.59. The number of carbonyl (C=O) groups is 1. The maximum atomic E-state index is 12.7. The highest BCUT2D eigenvalue weighted by Crippen LogP contribution is 2.45. The van der Waals surface area contributed by atoms with Gasteiger partial charge in [0.2, 0.25) is 5.91 Å². The molecule has 1 aliphatic rings. The molecular formula is C25H35NO4. The molecule has 5 nitrogen and oxygen atoms in total. The maximum absolute atomic E-state index is 12.7. The van der Waals surface area contributed by atoms with E-state index < -0.39 is 0 Å². The van der Waals surface area contributed by atoms with Crippen LogP contribution in [0.2, 0.25) is 0 Å². The van der Waals surface area contributed by atoms with Crippen LogP contribution in [-0.2, 0) is 21.5 Å². The number of furan rings is 1. The Morgan fingerprint density at radius 2 is 2.07 bits per heavy atom. The summed E-state index contributed by atoms with van der Waals surface area (Å²) in [6.45, 7) is 8.25. The van der Waals surface area contributed by atoms with Crippen molar-refractivity contribution < 1.29 is 18.7 Å². The van der Waals surface area contributed by atoms with Crippen molar-refractivity contribution in [1.82, 2.24) is 4.90 Å². The van der Waals surface area contributed by atoms with Crippen molar-refractivity contribution >= 4 is 5.91 Å². The van der Waals surface area contributed by atoms with Gasteiger partial charge in [0.15, 0.2) is 0 Å². The SMILES string of the molecule is CCC(=O)N(CC[C@@]1(c2ccccc2OC)CCO[C@@H](C(C)C)C1)Cc1ccco1. The van der Waals surface area contributed by atoms with Crippen LogP contribution in [-0.4, -0.2) is 37.2 Å². The van der Waals surface area contributed by atoms with Gasteiger partial charge in [-0.15, -0.1) is 0 Å². The Morgan fingerprint density at radius 1 is 1.27 bits per heavy atom. The highest BCUT2D eigenvalue weighted by molar-refractivity contribution is 5.75. The van der Waals surface area contributed by atoms with E-state index in [4.69, 9.17) is 13.9 Å². The normalized spacial score (nSPS) is 21.6. The molecule has 0 spiro atoms. The van der Waals surface area contributed by atoms with Gasteiger partial charge in [-0.1, -0.05) is 39.0 Å². The third kappa shape index (κ3) is 5.07. The zero-order valence-corrected chi connectivity index (χ0v) is 18.7. The summed E-state index contributed by atoms with van der Waals surface area (Å²) in [5, 5.41) is 0. The first kappa shape index (κ1) is 22.4. The van der Waals surface area contributed by atoms with Crippen molar-refractivity contribution in [2.75, 3.05) is 20.3 Å². The molecule has 3 rings (SSSR count). The first-order valence-corrected chi connectivity index (χ1v) is 11.0. The van der Waals surface area contributed by atoms with Gasteiger partial charge in [0, 0.05) is 30.6 Å². The van der Waals surface area contributed by atoms with Crippen molar-refractivity contribution in [3.63, 3.8) is 0 Å². The molecule has 1 amide bonds. The van der Waals surface area contributed by atoms with Gasteiger partial charge in [-0.25, -0.2) is 0 Å². The zero-order valence-electron chi connectivity index (χ0n) is 18.7. The minimum atomic E-state index is -0.0881. The van der Waals surface area contributed by atoms with Crippen molar-refractivity contribution in [2.45, 2.75) is 64.5 Å². The van der Waals surface area contributed by atoms with Gasteiger partial charge in [-0.3, -0.25) is 4.79 Å². The number of amides is 1. The molecule has 2 atom stereocenters. The van der Waals surface area contributed by atoms with Crippen LogP contribution in [0.1, 0.15) is 57.8 Å². The second-order valence-corrected chi connectivity index (χ2v) is 8.59. The third-order valence-electron chi connectivity index (χ3n) is 6.37. The molecule has 0 bridgehead atoms. The zero-order chi connectivity index (χ0) is 21.6. The fraction of sp³-hybridized carbons (Fsp3) is 0.560. The molecule has 0 unspecified atom stereocenters. The number of benzene rings is 1. The third-order valence-corrected chi connectivity index (χ3v) is 6.37.